The number of fused-ring (bicyclic) bond motifs is 3. The summed E-state index contributed by atoms with van der Waals surface area (Å²) in [5.41, 5.74) is 2.03. The van der Waals surface area contributed by atoms with Crippen molar-refractivity contribution >= 4 is 28.1 Å². The van der Waals surface area contributed by atoms with E-state index in [1.54, 1.807) is 35.5 Å². The Hall–Kier alpha value is -1.67. The highest BCUT2D eigenvalue weighted by Gasteiger charge is 2.18. The van der Waals surface area contributed by atoms with Gasteiger partial charge >= 0.3 is 0 Å². The Bertz CT molecular complexity index is 910. The maximum atomic E-state index is 12.5. The third-order valence-corrected chi connectivity index (χ3v) is 6.24. The van der Waals surface area contributed by atoms with Crippen LogP contribution >= 0.6 is 23.1 Å². The summed E-state index contributed by atoms with van der Waals surface area (Å²) in [6.45, 7) is 2.89. The minimum absolute atomic E-state index is 0.0435. The summed E-state index contributed by atoms with van der Waals surface area (Å²) in [6, 6.07) is 1.66. The quantitative estimate of drug-likeness (QED) is 0.679. The first kappa shape index (κ1) is 14.9. The second-order valence-electron chi connectivity index (χ2n) is 5.57. The molecule has 3 aromatic rings. The molecule has 8 heteroatoms. The molecule has 3 aromatic heterocycles. The van der Waals surface area contributed by atoms with Gasteiger partial charge in [-0.2, -0.15) is 0 Å². The lowest BCUT2D eigenvalue weighted by atomic mass is 10.0. The van der Waals surface area contributed by atoms with Crippen molar-refractivity contribution in [3.05, 3.63) is 39.0 Å². The molecule has 0 spiro atoms. The fraction of sp³-hybridized carbons (Fsp3) is 0.467. The van der Waals surface area contributed by atoms with Gasteiger partial charge in [-0.3, -0.25) is 9.20 Å². The average molecular weight is 347 g/mol. The van der Waals surface area contributed by atoms with Crippen LogP contribution in [0.3, 0.4) is 0 Å². The second kappa shape index (κ2) is 6.09. The van der Waals surface area contributed by atoms with Gasteiger partial charge in [-0.25, -0.2) is 4.98 Å². The Morgan fingerprint density at radius 2 is 2.22 bits per heavy atom. The smallest absolute Gasteiger partial charge is 0.259 e. The largest absolute Gasteiger partial charge is 0.309 e. The lowest BCUT2D eigenvalue weighted by Crippen LogP contribution is -2.17. The van der Waals surface area contributed by atoms with Crippen LogP contribution in [0, 0.1) is 0 Å². The summed E-state index contributed by atoms with van der Waals surface area (Å²) >= 11 is 3.24. The van der Waals surface area contributed by atoms with Gasteiger partial charge in [0.15, 0.2) is 10.1 Å². The van der Waals surface area contributed by atoms with Crippen LogP contribution in [0.2, 0.25) is 0 Å². The summed E-state index contributed by atoms with van der Waals surface area (Å²) in [6.07, 6.45) is 6.16. The van der Waals surface area contributed by atoms with Gasteiger partial charge in [-0.05, 0) is 32.6 Å². The molecule has 0 aromatic carbocycles. The number of hydrogen-bond donors (Lipinski definition) is 0. The van der Waals surface area contributed by atoms with Crippen LogP contribution in [0.1, 0.15) is 36.0 Å². The van der Waals surface area contributed by atoms with Gasteiger partial charge in [0.2, 0.25) is 0 Å². The van der Waals surface area contributed by atoms with Crippen molar-refractivity contribution in [1.29, 1.82) is 0 Å². The Balaban J connectivity index is 1.65. The predicted octanol–water partition coefficient (Wildman–Crippen LogP) is 2.54. The molecule has 0 amide bonds. The van der Waals surface area contributed by atoms with E-state index in [2.05, 4.69) is 17.1 Å². The number of aryl methyl sites for hydroxylation is 3. The van der Waals surface area contributed by atoms with E-state index < -0.39 is 0 Å². The molecule has 6 nitrogen and oxygen atoms in total. The van der Waals surface area contributed by atoms with Crippen LogP contribution in [-0.4, -0.2) is 24.1 Å². The highest BCUT2D eigenvalue weighted by atomic mass is 32.2. The van der Waals surface area contributed by atoms with Crippen LogP contribution < -0.4 is 5.56 Å². The van der Waals surface area contributed by atoms with Crippen LogP contribution in [0.15, 0.2) is 22.3 Å². The molecular weight excluding hydrogens is 330 g/mol. The summed E-state index contributed by atoms with van der Waals surface area (Å²) in [7, 11) is 0. The van der Waals surface area contributed by atoms with E-state index >= 15 is 0 Å². The zero-order chi connectivity index (χ0) is 15.8. The van der Waals surface area contributed by atoms with E-state index in [0.717, 1.165) is 41.6 Å². The Morgan fingerprint density at radius 3 is 3.09 bits per heavy atom. The number of hydrogen-bond acceptors (Lipinski definition) is 6. The third-order valence-electron chi connectivity index (χ3n) is 4.08. The van der Waals surface area contributed by atoms with E-state index in [4.69, 9.17) is 4.98 Å². The van der Waals surface area contributed by atoms with Crippen molar-refractivity contribution in [3.8, 4) is 0 Å². The van der Waals surface area contributed by atoms with Crippen LogP contribution in [-0.2, 0) is 25.1 Å². The van der Waals surface area contributed by atoms with Crippen LogP contribution in [0.5, 0.6) is 0 Å². The lowest BCUT2D eigenvalue weighted by molar-refractivity contribution is 0.670. The van der Waals surface area contributed by atoms with Crippen molar-refractivity contribution in [2.24, 2.45) is 0 Å². The molecule has 0 atom stereocenters. The number of thiazole rings is 1. The van der Waals surface area contributed by atoms with E-state index in [0.29, 0.717) is 5.75 Å². The maximum absolute atomic E-state index is 12.5. The fourth-order valence-corrected chi connectivity index (χ4v) is 5.03. The topological polar surface area (TPSA) is 65.1 Å². The minimum atomic E-state index is 0.0435. The first-order chi connectivity index (χ1) is 11.3. The molecule has 0 saturated heterocycles. The minimum Gasteiger partial charge on any atom is -0.309 e. The molecule has 0 N–H and O–H groups in total. The molecule has 1 aliphatic carbocycles. The van der Waals surface area contributed by atoms with E-state index in [1.165, 1.54) is 17.0 Å². The van der Waals surface area contributed by atoms with Crippen molar-refractivity contribution < 1.29 is 0 Å². The van der Waals surface area contributed by atoms with Gasteiger partial charge in [0.05, 0.1) is 5.69 Å². The molecule has 1 aliphatic rings. The average Bonchev–Trinajstić information content (AvgIpc) is 3.16. The molecule has 0 fully saturated rings. The molecular formula is C15H17N5OS2. The number of rotatable bonds is 4. The van der Waals surface area contributed by atoms with Crippen molar-refractivity contribution in [2.75, 3.05) is 0 Å². The second-order valence-corrected chi connectivity index (χ2v) is 7.58. The first-order valence-corrected chi connectivity index (χ1v) is 9.60. The number of aromatic nitrogens is 5. The summed E-state index contributed by atoms with van der Waals surface area (Å²) in [5, 5.41) is 8.89. The molecule has 4 rings (SSSR count). The molecule has 0 saturated carbocycles. The number of nitrogens with zero attached hydrogens (tertiary/aromatic N) is 5. The van der Waals surface area contributed by atoms with Gasteiger partial charge in [0, 0.05) is 28.9 Å². The van der Waals surface area contributed by atoms with E-state index in [9.17, 15) is 4.79 Å². The molecule has 120 valence electrons. The molecule has 0 bridgehead atoms. The molecule has 0 radical (unpaired) electrons. The van der Waals surface area contributed by atoms with Crippen LogP contribution in [0.25, 0.3) is 4.96 Å². The highest BCUT2D eigenvalue weighted by Crippen LogP contribution is 2.28. The van der Waals surface area contributed by atoms with E-state index in [-0.39, 0.29) is 5.56 Å². The standard InChI is InChI=1S/C15H17N5OS2/c1-2-19-9-16-18-15(19)22-8-10-7-13(21)20-11-5-3-4-6-12(11)23-14(20)17-10/h7,9H,2-6,8H2,1H3. The molecule has 0 unspecified atom stereocenters. The zero-order valence-corrected chi connectivity index (χ0v) is 14.5. The lowest BCUT2D eigenvalue weighted by Gasteiger charge is -2.10. The zero-order valence-electron chi connectivity index (χ0n) is 12.9. The SMILES string of the molecule is CCn1cnnc1SCc1cc(=O)n2c3c(sc2n1)CCCC3. The van der Waals surface area contributed by atoms with Crippen molar-refractivity contribution in [3.63, 3.8) is 0 Å². The van der Waals surface area contributed by atoms with Gasteiger partial charge in [-0.15, -0.1) is 21.5 Å². The Kier molecular flexibility index (Phi) is 3.94. The van der Waals surface area contributed by atoms with Gasteiger partial charge in [-0.1, -0.05) is 11.8 Å². The third kappa shape index (κ3) is 2.70. The molecule has 23 heavy (non-hydrogen) atoms. The monoisotopic (exact) mass is 347 g/mol. The first-order valence-electron chi connectivity index (χ1n) is 7.80. The molecule has 3 heterocycles. The highest BCUT2D eigenvalue weighted by molar-refractivity contribution is 7.98. The summed E-state index contributed by atoms with van der Waals surface area (Å²) < 4.78 is 3.79. The predicted molar refractivity (Wildman–Crippen MR) is 91.2 cm³/mol. The number of thioether (sulfide) groups is 1. The van der Waals surface area contributed by atoms with Crippen LogP contribution in [0.4, 0.5) is 0 Å². The van der Waals surface area contributed by atoms with Crippen molar-refractivity contribution in [2.45, 2.75) is 50.1 Å². The van der Waals surface area contributed by atoms with Gasteiger partial charge in [0.1, 0.15) is 6.33 Å². The summed E-state index contributed by atoms with van der Waals surface area (Å²) in [4.78, 5) is 19.4. The van der Waals surface area contributed by atoms with Crippen molar-refractivity contribution in [1.82, 2.24) is 24.1 Å². The summed E-state index contributed by atoms with van der Waals surface area (Å²) in [5.74, 6) is 0.632. The Morgan fingerprint density at radius 1 is 1.35 bits per heavy atom. The van der Waals surface area contributed by atoms with Gasteiger partial charge in [0.25, 0.3) is 5.56 Å². The maximum Gasteiger partial charge on any atom is 0.259 e. The molecule has 0 aliphatic heterocycles. The fourth-order valence-electron chi connectivity index (χ4n) is 2.93. The van der Waals surface area contributed by atoms with E-state index in [1.807, 2.05) is 8.97 Å². The van der Waals surface area contributed by atoms with Gasteiger partial charge < -0.3 is 4.57 Å². The Labute approximate surface area is 141 Å². The normalized spacial score (nSPS) is 14.3.